The minimum Gasteiger partial charge on any atom is -0.348 e. The first-order chi connectivity index (χ1) is 11.9. The average Bonchev–Trinajstić information content (AvgIpc) is 2.98. The molecular formula is C18H19N3O3S. The number of hydrogen-bond donors (Lipinski definition) is 2. The zero-order valence-corrected chi connectivity index (χ0v) is 14.6. The maximum atomic E-state index is 12.5. The Hall–Kier alpha value is -2.64. The molecule has 2 aromatic carbocycles. The van der Waals surface area contributed by atoms with Crippen molar-refractivity contribution in [1.29, 1.82) is 0 Å². The van der Waals surface area contributed by atoms with E-state index in [0.717, 1.165) is 23.0 Å². The second-order valence-electron chi connectivity index (χ2n) is 5.72. The lowest BCUT2D eigenvalue weighted by Gasteiger charge is -2.05. The van der Waals surface area contributed by atoms with Crippen LogP contribution in [0.1, 0.15) is 22.8 Å². The molecule has 0 bridgehead atoms. The molecule has 0 fully saturated rings. The number of hydrogen-bond acceptors (Lipinski definition) is 3. The first kappa shape index (κ1) is 17.2. The normalized spacial score (nSPS) is 11.6. The Morgan fingerprint density at radius 3 is 2.44 bits per heavy atom. The van der Waals surface area contributed by atoms with Crippen molar-refractivity contribution in [3.05, 3.63) is 65.9 Å². The average molecular weight is 357 g/mol. The number of fused-ring (bicyclic) bond motifs is 1. The lowest BCUT2D eigenvalue weighted by atomic mass is 10.1. The summed E-state index contributed by atoms with van der Waals surface area (Å²) in [6, 6.07) is 13.9. The summed E-state index contributed by atoms with van der Waals surface area (Å²) in [6.07, 6.45) is 1.85. The van der Waals surface area contributed by atoms with Crippen LogP contribution in [0.3, 0.4) is 0 Å². The summed E-state index contributed by atoms with van der Waals surface area (Å²) in [7, 11) is -3.71. The van der Waals surface area contributed by atoms with Crippen LogP contribution < -0.4 is 10.5 Å². The Bertz CT molecular complexity index is 1020. The topological polar surface area (TPSA) is 94.2 Å². The largest absolute Gasteiger partial charge is 0.348 e. The Labute approximate surface area is 146 Å². The van der Waals surface area contributed by atoms with Gasteiger partial charge in [0.25, 0.3) is 5.91 Å². The van der Waals surface area contributed by atoms with E-state index >= 15 is 0 Å². The first-order valence-corrected chi connectivity index (χ1v) is 9.42. The number of nitrogens with one attached hydrogen (secondary N) is 1. The number of amides is 1. The summed E-state index contributed by atoms with van der Waals surface area (Å²) in [5, 5.41) is 8.85. The van der Waals surface area contributed by atoms with Crippen LogP contribution in [-0.2, 0) is 23.1 Å². The molecule has 1 aromatic heterocycles. The molecule has 25 heavy (non-hydrogen) atoms. The predicted molar refractivity (Wildman–Crippen MR) is 96.6 cm³/mol. The molecule has 0 unspecified atom stereocenters. The van der Waals surface area contributed by atoms with Crippen LogP contribution in [0.25, 0.3) is 10.9 Å². The van der Waals surface area contributed by atoms with Crippen LogP contribution in [0.15, 0.2) is 59.6 Å². The highest BCUT2D eigenvalue weighted by atomic mass is 32.2. The molecule has 0 aliphatic heterocycles. The van der Waals surface area contributed by atoms with Crippen LogP contribution in [0.5, 0.6) is 0 Å². The van der Waals surface area contributed by atoms with Gasteiger partial charge in [-0.25, -0.2) is 13.6 Å². The van der Waals surface area contributed by atoms with Crippen molar-refractivity contribution in [3.63, 3.8) is 0 Å². The molecular weight excluding hydrogens is 338 g/mol. The highest BCUT2D eigenvalue weighted by Gasteiger charge is 2.14. The maximum Gasteiger partial charge on any atom is 0.253 e. The molecule has 0 aliphatic carbocycles. The maximum absolute atomic E-state index is 12.5. The third kappa shape index (κ3) is 3.57. The molecule has 0 spiro atoms. The summed E-state index contributed by atoms with van der Waals surface area (Å²) in [5.41, 5.74) is 2.44. The molecule has 0 saturated carbocycles. The number of sulfonamides is 1. The molecule has 6 nitrogen and oxygen atoms in total. The van der Waals surface area contributed by atoms with Gasteiger partial charge in [0.2, 0.25) is 10.0 Å². The predicted octanol–water partition coefficient (Wildman–Crippen LogP) is 2.24. The first-order valence-electron chi connectivity index (χ1n) is 7.88. The number of nitrogens with zero attached hydrogens (tertiary/aromatic N) is 1. The lowest BCUT2D eigenvalue weighted by molar-refractivity contribution is 0.0952. The Morgan fingerprint density at radius 2 is 1.80 bits per heavy atom. The number of carbonyl (C=O) groups excluding carboxylic acids is 1. The molecule has 7 heteroatoms. The Kier molecular flexibility index (Phi) is 4.61. The third-order valence-electron chi connectivity index (χ3n) is 4.08. The number of carbonyl (C=O) groups is 1. The van der Waals surface area contributed by atoms with Gasteiger partial charge < -0.3 is 9.88 Å². The molecule has 3 aromatic rings. The van der Waals surface area contributed by atoms with Crippen molar-refractivity contribution in [1.82, 2.24) is 9.88 Å². The van der Waals surface area contributed by atoms with Crippen LogP contribution >= 0.6 is 0 Å². The number of para-hydroxylation sites is 1. The SMILES string of the molecule is CCn1cc(C(=O)NCc2ccc(S(N)(=O)=O)cc2)c2ccccc21. The van der Waals surface area contributed by atoms with Crippen molar-refractivity contribution in [2.24, 2.45) is 5.14 Å². The summed E-state index contributed by atoms with van der Waals surface area (Å²) >= 11 is 0. The highest BCUT2D eigenvalue weighted by molar-refractivity contribution is 7.89. The Balaban J connectivity index is 1.77. The fraction of sp³-hybridized carbons (Fsp3) is 0.167. The van der Waals surface area contributed by atoms with Crippen LogP contribution in [0.4, 0.5) is 0 Å². The fourth-order valence-corrected chi connectivity index (χ4v) is 3.28. The fourth-order valence-electron chi connectivity index (χ4n) is 2.76. The summed E-state index contributed by atoms with van der Waals surface area (Å²) in [4.78, 5) is 12.6. The number of primary sulfonamides is 1. The van der Waals surface area contributed by atoms with E-state index in [1.54, 1.807) is 12.1 Å². The minimum atomic E-state index is -3.71. The van der Waals surface area contributed by atoms with Gasteiger partial charge in [0.1, 0.15) is 0 Å². The zero-order valence-electron chi connectivity index (χ0n) is 13.8. The number of nitrogens with two attached hydrogens (primary N) is 1. The second kappa shape index (κ2) is 6.70. The van der Waals surface area contributed by atoms with Crippen molar-refractivity contribution in [2.45, 2.75) is 24.9 Å². The van der Waals surface area contributed by atoms with Crippen LogP contribution in [0.2, 0.25) is 0 Å². The molecule has 1 heterocycles. The Morgan fingerprint density at radius 1 is 1.12 bits per heavy atom. The van der Waals surface area contributed by atoms with Crippen LogP contribution in [0, 0.1) is 0 Å². The summed E-state index contributed by atoms with van der Waals surface area (Å²) in [5.74, 6) is -0.168. The standard InChI is InChI=1S/C18H19N3O3S/c1-2-21-12-16(15-5-3-4-6-17(15)21)18(22)20-11-13-7-9-14(10-8-13)25(19,23)24/h3-10,12H,2,11H2,1H3,(H,20,22)(H2,19,23,24). The third-order valence-corrected chi connectivity index (χ3v) is 5.01. The van der Waals surface area contributed by atoms with Gasteiger partial charge in [-0.15, -0.1) is 0 Å². The van der Waals surface area contributed by atoms with E-state index in [0.29, 0.717) is 12.1 Å². The van der Waals surface area contributed by atoms with Gasteiger partial charge in [0.05, 0.1) is 10.5 Å². The van der Waals surface area contributed by atoms with E-state index < -0.39 is 10.0 Å². The van der Waals surface area contributed by atoms with E-state index in [-0.39, 0.29) is 10.8 Å². The van der Waals surface area contributed by atoms with Crippen molar-refractivity contribution in [3.8, 4) is 0 Å². The molecule has 1 amide bonds. The molecule has 3 N–H and O–H groups in total. The van der Waals surface area contributed by atoms with Gasteiger partial charge in [-0.1, -0.05) is 30.3 Å². The van der Waals surface area contributed by atoms with Crippen molar-refractivity contribution < 1.29 is 13.2 Å². The van der Waals surface area contributed by atoms with E-state index in [9.17, 15) is 13.2 Å². The van der Waals surface area contributed by atoms with E-state index in [1.165, 1.54) is 12.1 Å². The lowest BCUT2D eigenvalue weighted by Crippen LogP contribution is -2.22. The molecule has 3 rings (SSSR count). The van der Waals surface area contributed by atoms with Gasteiger partial charge in [-0.05, 0) is 30.7 Å². The smallest absolute Gasteiger partial charge is 0.253 e. The molecule has 0 aliphatic rings. The van der Waals surface area contributed by atoms with E-state index in [4.69, 9.17) is 5.14 Å². The molecule has 0 saturated heterocycles. The van der Waals surface area contributed by atoms with Gasteiger partial charge in [-0.2, -0.15) is 0 Å². The van der Waals surface area contributed by atoms with E-state index in [2.05, 4.69) is 5.32 Å². The number of aromatic nitrogens is 1. The van der Waals surface area contributed by atoms with Crippen LogP contribution in [-0.4, -0.2) is 18.9 Å². The minimum absolute atomic E-state index is 0.0496. The number of rotatable bonds is 5. The number of aryl methyl sites for hydroxylation is 1. The molecule has 0 atom stereocenters. The zero-order chi connectivity index (χ0) is 18.0. The van der Waals surface area contributed by atoms with Crippen molar-refractivity contribution in [2.75, 3.05) is 0 Å². The van der Waals surface area contributed by atoms with Crippen molar-refractivity contribution >= 4 is 26.8 Å². The highest BCUT2D eigenvalue weighted by Crippen LogP contribution is 2.21. The summed E-state index contributed by atoms with van der Waals surface area (Å²) < 4.78 is 24.5. The molecule has 130 valence electrons. The van der Waals surface area contributed by atoms with Gasteiger partial charge in [0, 0.05) is 30.2 Å². The second-order valence-corrected chi connectivity index (χ2v) is 7.28. The van der Waals surface area contributed by atoms with E-state index in [1.807, 2.05) is 42.0 Å². The number of benzene rings is 2. The van der Waals surface area contributed by atoms with Gasteiger partial charge in [-0.3, -0.25) is 4.79 Å². The van der Waals surface area contributed by atoms with Gasteiger partial charge in [0.15, 0.2) is 0 Å². The molecule has 0 radical (unpaired) electrons. The van der Waals surface area contributed by atoms with Gasteiger partial charge >= 0.3 is 0 Å². The monoisotopic (exact) mass is 357 g/mol. The quantitative estimate of drug-likeness (QED) is 0.733. The summed E-state index contributed by atoms with van der Waals surface area (Å²) in [6.45, 7) is 3.11.